The first-order valence-corrected chi connectivity index (χ1v) is 14.3. The average Bonchev–Trinajstić information content (AvgIpc) is 3.21. The van der Waals surface area contributed by atoms with Crippen LogP contribution in [0.1, 0.15) is 52.0 Å². The van der Waals surface area contributed by atoms with Crippen molar-refractivity contribution in [3.8, 4) is 0 Å². The minimum absolute atomic E-state index is 0.00636. The molecular formula is C22H32N6O4PS2+. The summed E-state index contributed by atoms with van der Waals surface area (Å²) < 4.78 is 18.4. The summed E-state index contributed by atoms with van der Waals surface area (Å²) in [6, 6.07) is 5.57. The zero-order valence-electron chi connectivity index (χ0n) is 20.4. The van der Waals surface area contributed by atoms with Crippen LogP contribution in [-0.4, -0.2) is 55.0 Å². The molecule has 3 aromatic heterocycles. The molecule has 0 spiro atoms. The molecule has 3 rings (SSSR count). The Morgan fingerprint density at radius 2 is 1.94 bits per heavy atom. The lowest BCUT2D eigenvalue weighted by Crippen LogP contribution is -2.26. The van der Waals surface area contributed by atoms with Gasteiger partial charge in [-0.25, -0.2) is 9.97 Å². The van der Waals surface area contributed by atoms with Crippen molar-refractivity contribution in [2.45, 2.75) is 69.7 Å². The molecule has 4 N–H and O–H groups in total. The van der Waals surface area contributed by atoms with Crippen LogP contribution in [0.2, 0.25) is 0 Å². The molecule has 0 aliphatic heterocycles. The van der Waals surface area contributed by atoms with Crippen LogP contribution in [0.15, 0.2) is 29.6 Å². The lowest BCUT2D eigenvalue weighted by atomic mass is 10.0. The van der Waals surface area contributed by atoms with E-state index in [1.807, 2.05) is 25.1 Å². The normalized spacial score (nSPS) is 15.6. The van der Waals surface area contributed by atoms with E-state index in [0.29, 0.717) is 32.4 Å². The Labute approximate surface area is 214 Å². The molecule has 13 heteroatoms. The van der Waals surface area contributed by atoms with Crippen LogP contribution in [0.4, 0.5) is 10.9 Å². The van der Waals surface area contributed by atoms with E-state index in [4.69, 9.17) is 9.51 Å². The first-order chi connectivity index (χ1) is 16.7. The SMILES string of the molecule is CC(C)CC(CO)Nc1nc(SC(C)c2ccccn2)nc2nc(N[P+](=O)OC(C)C(C)O)sc12. The number of rotatable bonds is 13. The molecule has 0 aromatic carbocycles. The maximum Gasteiger partial charge on any atom is 0.645 e. The number of hydrogen-bond acceptors (Lipinski definition) is 11. The summed E-state index contributed by atoms with van der Waals surface area (Å²) in [5.41, 5.74) is 1.35. The number of aliphatic hydroxyl groups is 2. The van der Waals surface area contributed by atoms with E-state index in [1.54, 1.807) is 20.0 Å². The Kier molecular flexibility index (Phi) is 10.1. The van der Waals surface area contributed by atoms with E-state index in [9.17, 15) is 14.8 Å². The van der Waals surface area contributed by atoms with Crippen LogP contribution in [0, 0.1) is 5.92 Å². The number of nitrogens with one attached hydrogen (secondary N) is 2. The third-order valence-electron chi connectivity index (χ3n) is 5.07. The second kappa shape index (κ2) is 12.8. The quantitative estimate of drug-likeness (QED) is 0.132. The molecule has 35 heavy (non-hydrogen) atoms. The van der Waals surface area contributed by atoms with Crippen molar-refractivity contribution in [1.82, 2.24) is 19.9 Å². The molecule has 0 bridgehead atoms. The van der Waals surface area contributed by atoms with Gasteiger partial charge >= 0.3 is 8.18 Å². The highest BCUT2D eigenvalue weighted by molar-refractivity contribution is 7.99. The van der Waals surface area contributed by atoms with E-state index >= 15 is 0 Å². The highest BCUT2D eigenvalue weighted by atomic mass is 32.2. The molecule has 3 aromatic rings. The van der Waals surface area contributed by atoms with Crippen molar-refractivity contribution in [2.75, 3.05) is 17.0 Å². The van der Waals surface area contributed by atoms with Gasteiger partial charge in [0.25, 0.3) is 0 Å². The molecular weight excluding hydrogens is 507 g/mol. The molecule has 0 radical (unpaired) electrons. The van der Waals surface area contributed by atoms with E-state index in [-0.39, 0.29) is 17.9 Å². The molecule has 190 valence electrons. The summed E-state index contributed by atoms with van der Waals surface area (Å²) in [6.45, 7) is 9.38. The predicted molar refractivity (Wildman–Crippen MR) is 141 cm³/mol. The van der Waals surface area contributed by atoms with Gasteiger partial charge in [0.05, 0.1) is 29.7 Å². The maximum atomic E-state index is 12.4. The first kappa shape index (κ1) is 27.6. The van der Waals surface area contributed by atoms with Gasteiger partial charge in [0.2, 0.25) is 5.13 Å². The van der Waals surface area contributed by atoms with Crippen molar-refractivity contribution < 1.29 is 19.3 Å². The Bertz CT molecular complexity index is 1120. The smallest absolute Gasteiger partial charge is 0.394 e. The second-order valence-corrected chi connectivity index (χ2v) is 11.9. The predicted octanol–water partition coefficient (Wildman–Crippen LogP) is 5.01. The van der Waals surface area contributed by atoms with Gasteiger partial charge in [-0.3, -0.25) is 4.98 Å². The van der Waals surface area contributed by atoms with Gasteiger partial charge in [-0.1, -0.05) is 43.0 Å². The van der Waals surface area contributed by atoms with Crippen LogP contribution < -0.4 is 10.4 Å². The van der Waals surface area contributed by atoms with Gasteiger partial charge in [0.1, 0.15) is 10.8 Å². The Morgan fingerprint density at radius 3 is 2.57 bits per heavy atom. The zero-order chi connectivity index (χ0) is 25.5. The number of nitrogens with zero attached hydrogens (tertiary/aromatic N) is 4. The van der Waals surface area contributed by atoms with Crippen LogP contribution >= 0.6 is 31.3 Å². The van der Waals surface area contributed by atoms with E-state index in [1.165, 1.54) is 23.1 Å². The molecule has 0 aliphatic carbocycles. The average molecular weight is 540 g/mol. The summed E-state index contributed by atoms with van der Waals surface area (Å²) in [4.78, 5) is 18.3. The minimum Gasteiger partial charge on any atom is -0.394 e. The highest BCUT2D eigenvalue weighted by Crippen LogP contribution is 2.38. The van der Waals surface area contributed by atoms with Gasteiger partial charge in [-0.15, -0.1) is 9.61 Å². The Morgan fingerprint density at radius 1 is 1.17 bits per heavy atom. The number of hydrogen-bond donors (Lipinski definition) is 4. The number of fused-ring (bicyclic) bond motifs is 1. The summed E-state index contributed by atoms with van der Waals surface area (Å²) in [7, 11) is -2.29. The topological polar surface area (TPSA) is 142 Å². The number of aromatic nitrogens is 4. The van der Waals surface area contributed by atoms with E-state index in [2.05, 4.69) is 39.2 Å². The molecule has 5 atom stereocenters. The molecule has 0 fully saturated rings. The van der Waals surface area contributed by atoms with Crippen molar-refractivity contribution in [3.63, 3.8) is 0 Å². The zero-order valence-corrected chi connectivity index (χ0v) is 22.9. The van der Waals surface area contributed by atoms with Crippen LogP contribution in [0.3, 0.4) is 0 Å². The summed E-state index contributed by atoms with van der Waals surface area (Å²) in [6.07, 6.45) is 1.15. The maximum absolute atomic E-state index is 12.4. The van der Waals surface area contributed by atoms with Gasteiger partial charge in [-0.05, 0) is 49.8 Å². The number of thiazole rings is 1. The number of thioether (sulfide) groups is 1. The van der Waals surface area contributed by atoms with Gasteiger partial charge in [0.15, 0.2) is 16.6 Å². The van der Waals surface area contributed by atoms with Gasteiger partial charge in [0, 0.05) is 6.20 Å². The van der Waals surface area contributed by atoms with E-state index < -0.39 is 20.4 Å². The molecule has 3 heterocycles. The fourth-order valence-corrected chi connectivity index (χ4v) is 5.83. The lowest BCUT2D eigenvalue weighted by molar-refractivity contribution is 0.0664. The second-order valence-electron chi connectivity index (χ2n) is 8.61. The number of pyridine rings is 1. The van der Waals surface area contributed by atoms with E-state index in [0.717, 1.165) is 12.1 Å². The molecule has 5 unspecified atom stereocenters. The fraction of sp³-hybridized carbons (Fsp3) is 0.545. The Balaban J connectivity index is 1.91. The van der Waals surface area contributed by atoms with Gasteiger partial charge in [-0.2, -0.15) is 4.98 Å². The highest BCUT2D eigenvalue weighted by Gasteiger charge is 2.28. The van der Waals surface area contributed by atoms with Crippen LogP contribution in [0.5, 0.6) is 0 Å². The van der Waals surface area contributed by atoms with Crippen molar-refractivity contribution in [1.29, 1.82) is 0 Å². The first-order valence-electron chi connectivity index (χ1n) is 11.4. The molecule has 0 saturated carbocycles. The number of anilines is 2. The van der Waals surface area contributed by atoms with Crippen LogP contribution in [0.25, 0.3) is 10.3 Å². The summed E-state index contributed by atoms with van der Waals surface area (Å²) in [5, 5.41) is 26.5. The Hall–Kier alpha value is -1.95. The minimum atomic E-state index is -2.29. The largest absolute Gasteiger partial charge is 0.645 e. The van der Waals surface area contributed by atoms with Crippen molar-refractivity contribution >= 4 is 52.6 Å². The van der Waals surface area contributed by atoms with Crippen molar-refractivity contribution in [2.24, 2.45) is 5.92 Å². The lowest BCUT2D eigenvalue weighted by Gasteiger charge is -2.19. The third kappa shape index (κ3) is 8.03. The van der Waals surface area contributed by atoms with Crippen molar-refractivity contribution in [3.05, 3.63) is 30.1 Å². The molecule has 0 aliphatic rings. The monoisotopic (exact) mass is 539 g/mol. The summed E-state index contributed by atoms with van der Waals surface area (Å²) >= 11 is 2.70. The fourth-order valence-electron chi connectivity index (χ4n) is 3.12. The molecule has 0 amide bonds. The van der Waals surface area contributed by atoms with Crippen LogP contribution in [-0.2, 0) is 9.09 Å². The standard InChI is InChI=1S/C22H32N6O4PS2/c1-12(2)10-16(11-29)24-19-18-20(27-22(35-18)28-33(31)32-14(4)13(3)30)26-21(25-19)34-15(5)17-8-6-7-9-23-17/h6-9,12-16,29-30H,10-11H2,1-5H3,(H2,24,25,26,27,28,31)/q+1. The molecule has 0 saturated heterocycles. The summed E-state index contributed by atoms with van der Waals surface area (Å²) in [5.74, 6) is 0.940. The van der Waals surface area contributed by atoms with Gasteiger partial charge < -0.3 is 15.5 Å². The molecule has 10 nitrogen and oxygen atoms in total. The third-order valence-corrected chi connectivity index (χ3v) is 8.09. The number of aliphatic hydroxyl groups excluding tert-OH is 2.